The lowest BCUT2D eigenvalue weighted by Gasteiger charge is -2.16. The largest absolute Gasteiger partial charge is 0.388 e. The van der Waals surface area contributed by atoms with Crippen LogP contribution in [-0.2, 0) is 0 Å². The van der Waals surface area contributed by atoms with E-state index in [0.717, 1.165) is 22.9 Å². The molecule has 0 amide bonds. The highest BCUT2D eigenvalue weighted by atomic mass is 15.3. The lowest BCUT2D eigenvalue weighted by Crippen LogP contribution is -2.08. The molecule has 1 fully saturated rings. The van der Waals surface area contributed by atoms with Gasteiger partial charge < -0.3 is 9.88 Å². The number of nitrogens with one attached hydrogen (secondary N) is 1. The molecule has 4 heteroatoms. The number of anilines is 1. The van der Waals surface area contributed by atoms with E-state index in [1.807, 2.05) is 7.05 Å². The standard InChI is InChI=1S/C15H20N4/c1-11-17-18-15(19(11)14-5-3-4-6-14)12-7-9-13(16-2)10-8-12/h7-10,14,16H,3-6H2,1-2H3. The van der Waals surface area contributed by atoms with Crippen molar-refractivity contribution in [3.63, 3.8) is 0 Å². The molecule has 1 N–H and O–H groups in total. The monoisotopic (exact) mass is 256 g/mol. The van der Waals surface area contributed by atoms with Crippen molar-refractivity contribution >= 4 is 5.69 Å². The predicted octanol–water partition coefficient (Wildman–Crippen LogP) is 3.41. The fourth-order valence-electron chi connectivity index (χ4n) is 2.95. The molecule has 1 aliphatic carbocycles. The third-order valence-corrected chi connectivity index (χ3v) is 3.99. The first-order chi connectivity index (χ1) is 9.29. The molecule has 1 aliphatic rings. The summed E-state index contributed by atoms with van der Waals surface area (Å²) >= 11 is 0. The minimum absolute atomic E-state index is 0.578. The van der Waals surface area contributed by atoms with E-state index in [1.165, 1.54) is 25.7 Å². The van der Waals surface area contributed by atoms with Crippen molar-refractivity contribution in [2.75, 3.05) is 12.4 Å². The topological polar surface area (TPSA) is 42.7 Å². The van der Waals surface area contributed by atoms with Crippen LogP contribution in [0.3, 0.4) is 0 Å². The van der Waals surface area contributed by atoms with Gasteiger partial charge in [0.25, 0.3) is 0 Å². The average Bonchev–Trinajstić information content (AvgIpc) is 3.08. The summed E-state index contributed by atoms with van der Waals surface area (Å²) in [7, 11) is 1.93. The zero-order valence-corrected chi connectivity index (χ0v) is 11.6. The molecule has 1 heterocycles. The first-order valence-electron chi connectivity index (χ1n) is 6.99. The van der Waals surface area contributed by atoms with Crippen molar-refractivity contribution in [2.45, 2.75) is 38.6 Å². The second kappa shape index (κ2) is 5.03. The molecule has 0 spiro atoms. The van der Waals surface area contributed by atoms with Crippen LogP contribution in [0, 0.1) is 6.92 Å². The molecule has 1 aromatic heterocycles. The molecule has 19 heavy (non-hydrogen) atoms. The normalized spacial score (nSPS) is 15.9. The fraction of sp³-hybridized carbons (Fsp3) is 0.467. The molecular weight excluding hydrogens is 236 g/mol. The van der Waals surface area contributed by atoms with Crippen molar-refractivity contribution in [1.82, 2.24) is 14.8 Å². The molecule has 0 bridgehead atoms. The molecule has 0 atom stereocenters. The highest BCUT2D eigenvalue weighted by Crippen LogP contribution is 2.33. The summed E-state index contributed by atoms with van der Waals surface area (Å²) in [5, 5.41) is 11.8. The average molecular weight is 256 g/mol. The van der Waals surface area contributed by atoms with Crippen LogP contribution in [-0.4, -0.2) is 21.8 Å². The summed E-state index contributed by atoms with van der Waals surface area (Å²) in [4.78, 5) is 0. The zero-order chi connectivity index (χ0) is 13.2. The molecule has 2 aromatic rings. The first-order valence-corrected chi connectivity index (χ1v) is 6.99. The van der Waals surface area contributed by atoms with Crippen molar-refractivity contribution in [3.8, 4) is 11.4 Å². The SMILES string of the molecule is CNc1ccc(-c2nnc(C)n2C2CCCC2)cc1. The second-order valence-electron chi connectivity index (χ2n) is 5.21. The van der Waals surface area contributed by atoms with Crippen molar-refractivity contribution < 1.29 is 0 Å². The van der Waals surface area contributed by atoms with E-state index >= 15 is 0 Å². The molecule has 4 nitrogen and oxygen atoms in total. The third-order valence-electron chi connectivity index (χ3n) is 3.99. The first kappa shape index (κ1) is 12.2. The highest BCUT2D eigenvalue weighted by Gasteiger charge is 2.22. The van der Waals surface area contributed by atoms with E-state index in [4.69, 9.17) is 0 Å². The predicted molar refractivity (Wildman–Crippen MR) is 77.2 cm³/mol. The van der Waals surface area contributed by atoms with Gasteiger partial charge in [0.15, 0.2) is 5.82 Å². The molecule has 100 valence electrons. The van der Waals surface area contributed by atoms with Crippen LogP contribution in [0.4, 0.5) is 5.69 Å². The Bertz CT molecular complexity index is 550. The number of hydrogen-bond acceptors (Lipinski definition) is 3. The highest BCUT2D eigenvalue weighted by molar-refractivity contribution is 5.60. The smallest absolute Gasteiger partial charge is 0.164 e. The maximum absolute atomic E-state index is 4.38. The van der Waals surface area contributed by atoms with Gasteiger partial charge in [0.1, 0.15) is 5.82 Å². The summed E-state index contributed by atoms with van der Waals surface area (Å²) in [6.07, 6.45) is 5.14. The third kappa shape index (κ3) is 2.23. The van der Waals surface area contributed by atoms with E-state index in [-0.39, 0.29) is 0 Å². The lowest BCUT2D eigenvalue weighted by atomic mass is 10.1. The van der Waals surface area contributed by atoms with Crippen LogP contribution >= 0.6 is 0 Å². The number of aryl methyl sites for hydroxylation is 1. The summed E-state index contributed by atoms with van der Waals surface area (Å²) in [6, 6.07) is 8.96. The molecule has 1 aromatic carbocycles. The summed E-state index contributed by atoms with van der Waals surface area (Å²) in [5.41, 5.74) is 2.26. The van der Waals surface area contributed by atoms with Crippen LogP contribution in [0.15, 0.2) is 24.3 Å². The van der Waals surface area contributed by atoms with Crippen molar-refractivity contribution in [2.24, 2.45) is 0 Å². The van der Waals surface area contributed by atoms with Gasteiger partial charge in [0.2, 0.25) is 0 Å². The Morgan fingerprint density at radius 3 is 2.42 bits per heavy atom. The Balaban J connectivity index is 1.99. The van der Waals surface area contributed by atoms with Gasteiger partial charge in [0, 0.05) is 24.3 Å². The Labute approximate surface area is 113 Å². The molecule has 3 rings (SSSR count). The van der Waals surface area contributed by atoms with E-state index in [0.29, 0.717) is 6.04 Å². The van der Waals surface area contributed by atoms with Gasteiger partial charge in [-0.3, -0.25) is 0 Å². The van der Waals surface area contributed by atoms with E-state index in [1.54, 1.807) is 0 Å². The molecule has 0 saturated heterocycles. The van der Waals surface area contributed by atoms with Gasteiger partial charge in [-0.25, -0.2) is 0 Å². The Kier molecular flexibility index (Phi) is 3.23. The summed E-state index contributed by atoms with van der Waals surface area (Å²) < 4.78 is 2.32. The number of rotatable bonds is 3. The van der Waals surface area contributed by atoms with Gasteiger partial charge in [0.05, 0.1) is 0 Å². The van der Waals surface area contributed by atoms with Crippen LogP contribution in [0.2, 0.25) is 0 Å². The van der Waals surface area contributed by atoms with Gasteiger partial charge in [-0.1, -0.05) is 12.8 Å². The molecule has 0 aliphatic heterocycles. The Morgan fingerprint density at radius 1 is 1.11 bits per heavy atom. The minimum Gasteiger partial charge on any atom is -0.388 e. The minimum atomic E-state index is 0.578. The van der Waals surface area contributed by atoms with E-state index in [2.05, 4.69) is 51.3 Å². The van der Waals surface area contributed by atoms with Crippen LogP contribution in [0.25, 0.3) is 11.4 Å². The van der Waals surface area contributed by atoms with Gasteiger partial charge in [-0.2, -0.15) is 0 Å². The van der Waals surface area contributed by atoms with Gasteiger partial charge in [-0.15, -0.1) is 10.2 Å². The van der Waals surface area contributed by atoms with Crippen molar-refractivity contribution in [1.29, 1.82) is 0 Å². The molecule has 0 unspecified atom stereocenters. The second-order valence-corrected chi connectivity index (χ2v) is 5.21. The number of nitrogens with zero attached hydrogens (tertiary/aromatic N) is 3. The van der Waals surface area contributed by atoms with E-state index < -0.39 is 0 Å². The maximum atomic E-state index is 4.38. The van der Waals surface area contributed by atoms with Gasteiger partial charge in [-0.05, 0) is 44.0 Å². The summed E-state index contributed by atoms with van der Waals surface area (Å²) in [5.74, 6) is 2.03. The zero-order valence-electron chi connectivity index (χ0n) is 11.6. The van der Waals surface area contributed by atoms with Crippen molar-refractivity contribution in [3.05, 3.63) is 30.1 Å². The Morgan fingerprint density at radius 2 is 1.79 bits per heavy atom. The van der Waals surface area contributed by atoms with Crippen LogP contribution < -0.4 is 5.32 Å². The van der Waals surface area contributed by atoms with Gasteiger partial charge >= 0.3 is 0 Å². The maximum Gasteiger partial charge on any atom is 0.164 e. The molecule has 0 radical (unpaired) electrons. The number of hydrogen-bond donors (Lipinski definition) is 1. The lowest BCUT2D eigenvalue weighted by molar-refractivity contribution is 0.510. The Hall–Kier alpha value is -1.84. The number of aromatic nitrogens is 3. The van der Waals surface area contributed by atoms with Crippen LogP contribution in [0.5, 0.6) is 0 Å². The summed E-state index contributed by atoms with van der Waals surface area (Å²) in [6.45, 7) is 2.05. The molecule has 1 saturated carbocycles. The number of benzene rings is 1. The van der Waals surface area contributed by atoms with E-state index in [9.17, 15) is 0 Å². The fourth-order valence-corrected chi connectivity index (χ4v) is 2.95. The molecular formula is C15H20N4. The quantitative estimate of drug-likeness (QED) is 0.915. The van der Waals surface area contributed by atoms with Crippen LogP contribution in [0.1, 0.15) is 37.5 Å².